The third-order valence-corrected chi connectivity index (χ3v) is 6.56. The van der Waals surface area contributed by atoms with Crippen LogP contribution in [-0.4, -0.2) is 51.0 Å². The molecule has 0 spiro atoms. The maximum Gasteiger partial charge on any atom is 0.230 e. The van der Waals surface area contributed by atoms with Gasteiger partial charge < -0.3 is 5.32 Å². The number of rotatable bonds is 10. The zero-order valence-electron chi connectivity index (χ0n) is 18.1. The van der Waals surface area contributed by atoms with Crippen molar-refractivity contribution in [3.63, 3.8) is 0 Å². The molecule has 0 saturated heterocycles. The van der Waals surface area contributed by atoms with Gasteiger partial charge in [0.1, 0.15) is 6.33 Å². The van der Waals surface area contributed by atoms with Crippen LogP contribution in [0.4, 0.5) is 0 Å². The summed E-state index contributed by atoms with van der Waals surface area (Å²) in [7, 11) is 0. The fraction of sp³-hybridized carbons (Fsp3) is 0.348. The molecule has 1 N–H and O–H groups in total. The molecule has 0 aliphatic rings. The van der Waals surface area contributed by atoms with Crippen molar-refractivity contribution >= 4 is 29.3 Å². The molecule has 0 fully saturated rings. The van der Waals surface area contributed by atoms with E-state index in [1.165, 1.54) is 17.3 Å². The van der Waals surface area contributed by atoms with Crippen LogP contribution in [0.15, 0.2) is 60.0 Å². The van der Waals surface area contributed by atoms with E-state index in [-0.39, 0.29) is 17.7 Å². The Labute approximate surface area is 193 Å². The van der Waals surface area contributed by atoms with E-state index in [0.29, 0.717) is 16.7 Å². The van der Waals surface area contributed by atoms with Gasteiger partial charge in [-0.3, -0.25) is 14.3 Å². The predicted octanol–water partition coefficient (Wildman–Crippen LogP) is 4.52. The summed E-state index contributed by atoms with van der Waals surface area (Å²) in [4.78, 5) is 14.9. The Morgan fingerprint density at radius 1 is 1.19 bits per heavy atom. The van der Waals surface area contributed by atoms with E-state index in [1.807, 2.05) is 47.9 Å². The minimum atomic E-state index is -0.0328. The highest BCUT2D eigenvalue weighted by atomic mass is 35.5. The van der Waals surface area contributed by atoms with Gasteiger partial charge in [-0.2, -0.15) is 0 Å². The van der Waals surface area contributed by atoms with Gasteiger partial charge in [-0.15, -0.1) is 10.2 Å². The van der Waals surface area contributed by atoms with E-state index in [9.17, 15) is 4.79 Å². The maximum absolute atomic E-state index is 12.6. The topological polar surface area (TPSA) is 63.1 Å². The molecule has 0 bridgehead atoms. The van der Waals surface area contributed by atoms with Crippen LogP contribution in [0.3, 0.4) is 0 Å². The summed E-state index contributed by atoms with van der Waals surface area (Å²) in [5.74, 6) is 0.229. The van der Waals surface area contributed by atoms with Crippen molar-refractivity contribution in [2.45, 2.75) is 32.0 Å². The number of aryl methyl sites for hydroxylation is 1. The third-order valence-electron chi connectivity index (χ3n) is 5.21. The number of amides is 1. The highest BCUT2D eigenvalue weighted by Gasteiger charge is 2.19. The molecule has 3 aromatic rings. The maximum atomic E-state index is 12.6. The van der Waals surface area contributed by atoms with Crippen molar-refractivity contribution in [1.82, 2.24) is 25.0 Å². The fourth-order valence-electron chi connectivity index (χ4n) is 3.42. The number of hydrogen-bond acceptors (Lipinski definition) is 5. The second-order valence-electron chi connectivity index (χ2n) is 7.16. The lowest BCUT2D eigenvalue weighted by Gasteiger charge is -2.30. The summed E-state index contributed by atoms with van der Waals surface area (Å²) in [6.07, 6.45) is 1.63. The van der Waals surface area contributed by atoms with Crippen molar-refractivity contribution in [2.75, 3.05) is 25.4 Å². The molecule has 0 aliphatic heterocycles. The molecular weight excluding hydrogens is 430 g/mol. The first-order valence-corrected chi connectivity index (χ1v) is 11.7. The second-order valence-corrected chi connectivity index (χ2v) is 8.51. The Balaban J connectivity index is 1.61. The Hall–Kier alpha value is -2.35. The summed E-state index contributed by atoms with van der Waals surface area (Å²) in [6, 6.07) is 16.2. The fourth-order valence-corrected chi connectivity index (χ4v) is 4.35. The molecule has 0 radical (unpaired) electrons. The number of hydrogen-bond donors (Lipinski definition) is 1. The number of likely N-dealkylation sites (N-methyl/N-ethyl adjacent to an activating group) is 1. The Morgan fingerprint density at radius 2 is 1.94 bits per heavy atom. The van der Waals surface area contributed by atoms with Gasteiger partial charge in [0.15, 0.2) is 5.16 Å². The summed E-state index contributed by atoms with van der Waals surface area (Å²) in [6.45, 7) is 8.64. The minimum absolute atomic E-state index is 0.0328. The van der Waals surface area contributed by atoms with E-state index in [1.54, 1.807) is 6.33 Å². The highest BCUT2D eigenvalue weighted by Crippen LogP contribution is 2.24. The first-order chi connectivity index (χ1) is 15.0. The Bertz CT molecular complexity index is 991. The van der Waals surface area contributed by atoms with Gasteiger partial charge in [0.2, 0.25) is 5.91 Å². The van der Waals surface area contributed by atoms with E-state index >= 15 is 0 Å². The standard InChI is InChI=1S/C23H28ClN5OS/c1-4-28(5-2)21(18-9-7-6-8-10-18)14-25-22(30)15-31-23-27-26-16-29(23)19-12-11-17(3)20(24)13-19/h6-13,16,21H,4-5,14-15H2,1-3H3,(H,25,30). The number of halogens is 1. The largest absolute Gasteiger partial charge is 0.353 e. The van der Waals surface area contributed by atoms with E-state index in [2.05, 4.69) is 46.4 Å². The quantitative estimate of drug-likeness (QED) is 0.453. The van der Waals surface area contributed by atoms with Gasteiger partial charge in [0.25, 0.3) is 0 Å². The van der Waals surface area contributed by atoms with Crippen molar-refractivity contribution in [1.29, 1.82) is 0 Å². The summed E-state index contributed by atoms with van der Waals surface area (Å²) in [5.41, 5.74) is 3.08. The SMILES string of the molecule is CCN(CC)C(CNC(=O)CSc1nncn1-c1ccc(C)c(Cl)c1)c1ccccc1. The molecule has 0 saturated carbocycles. The summed E-state index contributed by atoms with van der Waals surface area (Å²) in [5, 5.41) is 12.6. The van der Waals surface area contributed by atoms with Gasteiger partial charge in [0.05, 0.1) is 17.5 Å². The Morgan fingerprint density at radius 3 is 2.61 bits per heavy atom. The van der Waals surface area contributed by atoms with Crippen LogP contribution in [-0.2, 0) is 4.79 Å². The van der Waals surface area contributed by atoms with Crippen LogP contribution in [0, 0.1) is 6.92 Å². The molecule has 1 atom stereocenters. The number of aromatic nitrogens is 3. The van der Waals surface area contributed by atoms with E-state index in [0.717, 1.165) is 24.3 Å². The molecular formula is C23H28ClN5OS. The summed E-state index contributed by atoms with van der Waals surface area (Å²) >= 11 is 7.61. The van der Waals surface area contributed by atoms with E-state index < -0.39 is 0 Å². The van der Waals surface area contributed by atoms with Crippen LogP contribution in [0.1, 0.15) is 31.0 Å². The zero-order valence-corrected chi connectivity index (χ0v) is 19.7. The number of nitrogens with one attached hydrogen (secondary N) is 1. The third kappa shape index (κ3) is 6.09. The van der Waals surface area contributed by atoms with Crippen LogP contribution in [0.2, 0.25) is 5.02 Å². The number of benzene rings is 2. The first kappa shape index (κ1) is 23.3. The molecule has 1 amide bonds. The zero-order chi connectivity index (χ0) is 22.2. The second kappa shape index (κ2) is 11.3. The molecule has 1 aromatic heterocycles. The molecule has 6 nitrogen and oxygen atoms in total. The molecule has 164 valence electrons. The number of thioether (sulfide) groups is 1. The van der Waals surface area contributed by atoms with Gasteiger partial charge in [-0.1, -0.05) is 73.6 Å². The monoisotopic (exact) mass is 457 g/mol. The van der Waals surface area contributed by atoms with Crippen molar-refractivity contribution < 1.29 is 4.79 Å². The molecule has 0 aliphatic carbocycles. The van der Waals surface area contributed by atoms with Crippen LogP contribution in [0.25, 0.3) is 5.69 Å². The van der Waals surface area contributed by atoms with Crippen LogP contribution in [0.5, 0.6) is 0 Å². The molecule has 3 rings (SSSR count). The first-order valence-electron chi connectivity index (χ1n) is 10.4. The van der Waals surface area contributed by atoms with Crippen molar-refractivity contribution in [3.8, 4) is 5.69 Å². The lowest BCUT2D eigenvalue weighted by molar-refractivity contribution is -0.118. The average molecular weight is 458 g/mol. The van der Waals surface area contributed by atoms with Gasteiger partial charge in [0, 0.05) is 11.6 Å². The van der Waals surface area contributed by atoms with Crippen molar-refractivity contribution in [3.05, 3.63) is 71.0 Å². The van der Waals surface area contributed by atoms with E-state index in [4.69, 9.17) is 11.6 Å². The summed E-state index contributed by atoms with van der Waals surface area (Å²) < 4.78 is 1.84. The number of carbonyl (C=O) groups is 1. The number of nitrogens with zero attached hydrogens (tertiary/aromatic N) is 4. The van der Waals surface area contributed by atoms with Gasteiger partial charge in [-0.25, -0.2) is 0 Å². The highest BCUT2D eigenvalue weighted by molar-refractivity contribution is 7.99. The van der Waals surface area contributed by atoms with Crippen LogP contribution >= 0.6 is 23.4 Å². The molecule has 8 heteroatoms. The van der Waals surface area contributed by atoms with Crippen LogP contribution < -0.4 is 5.32 Å². The lowest BCUT2D eigenvalue weighted by Crippen LogP contribution is -2.38. The minimum Gasteiger partial charge on any atom is -0.353 e. The normalized spacial score (nSPS) is 12.2. The molecule has 1 heterocycles. The van der Waals surface area contributed by atoms with Gasteiger partial charge in [-0.05, 0) is 43.3 Å². The molecule has 1 unspecified atom stereocenters. The van der Waals surface area contributed by atoms with Gasteiger partial charge >= 0.3 is 0 Å². The van der Waals surface area contributed by atoms with Crippen molar-refractivity contribution in [2.24, 2.45) is 0 Å². The predicted molar refractivity (Wildman–Crippen MR) is 127 cm³/mol. The lowest BCUT2D eigenvalue weighted by atomic mass is 10.1. The smallest absolute Gasteiger partial charge is 0.230 e. The molecule has 2 aromatic carbocycles. The molecule has 31 heavy (non-hydrogen) atoms. The average Bonchev–Trinajstić information content (AvgIpc) is 3.26. The number of carbonyl (C=O) groups excluding carboxylic acids is 1. The Kier molecular flexibility index (Phi) is 8.51.